The lowest BCUT2D eigenvalue weighted by Gasteiger charge is -2.20. The average molecular weight is 337 g/mol. The van der Waals surface area contributed by atoms with Gasteiger partial charge in [-0.25, -0.2) is 0 Å². The van der Waals surface area contributed by atoms with Crippen molar-refractivity contribution in [2.45, 2.75) is 32.9 Å². The molecular formula is C15H32N2O2S2. The van der Waals surface area contributed by atoms with Gasteiger partial charge in [-0.1, -0.05) is 27.7 Å². The maximum absolute atomic E-state index is 11.3. The molecular weight excluding hydrogens is 304 g/mol. The van der Waals surface area contributed by atoms with Gasteiger partial charge in [-0.3, -0.25) is 4.79 Å². The second-order valence-electron chi connectivity index (χ2n) is 4.83. The summed E-state index contributed by atoms with van der Waals surface area (Å²) in [5.41, 5.74) is 0. The first kappa shape index (κ1) is 21.1. The first-order valence-electron chi connectivity index (χ1n) is 7.95. The van der Waals surface area contributed by atoms with Crippen LogP contribution in [0.2, 0.25) is 0 Å². The van der Waals surface area contributed by atoms with Crippen LogP contribution in [0.3, 0.4) is 0 Å². The number of hydrogen-bond donors (Lipinski definition) is 1. The summed E-state index contributed by atoms with van der Waals surface area (Å²) in [5, 5.41) is 9.02. The Morgan fingerprint density at radius 1 is 0.952 bits per heavy atom. The van der Waals surface area contributed by atoms with Crippen LogP contribution < -0.4 is 0 Å². The molecule has 0 spiro atoms. The first-order chi connectivity index (χ1) is 10.1. The quantitative estimate of drug-likeness (QED) is 0.492. The van der Waals surface area contributed by atoms with E-state index in [1.165, 1.54) is 0 Å². The van der Waals surface area contributed by atoms with Gasteiger partial charge < -0.3 is 14.9 Å². The highest BCUT2D eigenvalue weighted by atomic mass is 32.2. The summed E-state index contributed by atoms with van der Waals surface area (Å²) in [5.74, 6) is 1.95. The Kier molecular flexibility index (Phi) is 13.8. The van der Waals surface area contributed by atoms with Crippen molar-refractivity contribution < 1.29 is 9.90 Å². The molecule has 0 radical (unpaired) electrons. The van der Waals surface area contributed by atoms with Crippen LogP contribution in [-0.2, 0) is 4.79 Å². The molecule has 1 unspecified atom stereocenters. The molecule has 0 rings (SSSR count). The van der Waals surface area contributed by atoms with Crippen molar-refractivity contribution in [3.8, 4) is 0 Å². The van der Waals surface area contributed by atoms with E-state index in [9.17, 15) is 9.90 Å². The molecule has 0 aliphatic carbocycles. The molecule has 0 amide bonds. The van der Waals surface area contributed by atoms with E-state index in [0.29, 0.717) is 5.75 Å². The Morgan fingerprint density at radius 2 is 1.43 bits per heavy atom. The summed E-state index contributed by atoms with van der Waals surface area (Å²) in [6.07, 6.45) is 0. The summed E-state index contributed by atoms with van der Waals surface area (Å²) in [6, 6.07) is 0. The van der Waals surface area contributed by atoms with Crippen LogP contribution in [-0.4, -0.2) is 82.7 Å². The van der Waals surface area contributed by atoms with E-state index < -0.39 is 5.97 Å². The van der Waals surface area contributed by atoms with E-state index in [-0.39, 0.29) is 5.25 Å². The largest absolute Gasteiger partial charge is 0.480 e. The molecule has 4 nitrogen and oxygen atoms in total. The van der Waals surface area contributed by atoms with Crippen molar-refractivity contribution in [1.29, 1.82) is 0 Å². The monoisotopic (exact) mass is 336 g/mol. The summed E-state index contributed by atoms with van der Waals surface area (Å²) >= 11 is 3.35. The third-order valence-electron chi connectivity index (χ3n) is 3.61. The minimum absolute atomic E-state index is 0.276. The fourth-order valence-corrected chi connectivity index (χ4v) is 4.35. The van der Waals surface area contributed by atoms with Gasteiger partial charge in [0.15, 0.2) is 0 Å². The Bertz CT molecular complexity index is 260. The third kappa shape index (κ3) is 10.4. The third-order valence-corrected chi connectivity index (χ3v) is 6.05. The van der Waals surface area contributed by atoms with E-state index >= 15 is 0 Å². The van der Waals surface area contributed by atoms with Gasteiger partial charge in [-0.15, -0.1) is 11.8 Å². The van der Waals surface area contributed by atoms with Gasteiger partial charge in [0.05, 0.1) is 0 Å². The number of carboxylic acid groups (broad SMARTS) is 1. The zero-order valence-corrected chi connectivity index (χ0v) is 15.6. The Hall–Kier alpha value is 0.0900. The van der Waals surface area contributed by atoms with E-state index in [2.05, 4.69) is 37.5 Å². The summed E-state index contributed by atoms with van der Waals surface area (Å²) in [6.45, 7) is 14.9. The number of nitrogens with zero attached hydrogens (tertiary/aromatic N) is 2. The highest BCUT2D eigenvalue weighted by molar-refractivity contribution is 8.03. The smallest absolute Gasteiger partial charge is 0.317 e. The van der Waals surface area contributed by atoms with Crippen molar-refractivity contribution in [3.63, 3.8) is 0 Å². The number of rotatable bonds is 14. The van der Waals surface area contributed by atoms with Crippen LogP contribution in [0.1, 0.15) is 27.7 Å². The fourth-order valence-electron chi connectivity index (χ4n) is 1.98. The minimum Gasteiger partial charge on any atom is -0.480 e. The van der Waals surface area contributed by atoms with E-state index in [4.69, 9.17) is 0 Å². The predicted octanol–water partition coefficient (Wildman–Crippen LogP) is 2.59. The molecule has 1 atom stereocenters. The standard InChI is InChI=1S/C15H32N2O2S2/c1-5-16(6-2)9-11-20-13-14(15(18)19)21-12-10-17(7-3)8-4/h14H,5-13H2,1-4H3,(H,18,19). The molecule has 0 aromatic heterocycles. The molecule has 0 aromatic rings. The number of thioether (sulfide) groups is 2. The molecule has 0 heterocycles. The second kappa shape index (κ2) is 13.7. The molecule has 0 aliphatic heterocycles. The maximum atomic E-state index is 11.3. The lowest BCUT2D eigenvalue weighted by molar-refractivity contribution is -0.135. The van der Waals surface area contributed by atoms with Gasteiger partial charge in [0.2, 0.25) is 0 Å². The maximum Gasteiger partial charge on any atom is 0.317 e. The lowest BCUT2D eigenvalue weighted by atomic mass is 10.5. The highest BCUT2D eigenvalue weighted by Gasteiger charge is 2.18. The van der Waals surface area contributed by atoms with Crippen molar-refractivity contribution in [2.24, 2.45) is 0 Å². The Labute approximate surface area is 139 Å². The highest BCUT2D eigenvalue weighted by Crippen LogP contribution is 2.17. The molecule has 0 fully saturated rings. The lowest BCUT2D eigenvalue weighted by Crippen LogP contribution is -2.28. The van der Waals surface area contributed by atoms with Crippen molar-refractivity contribution in [1.82, 2.24) is 9.80 Å². The molecule has 21 heavy (non-hydrogen) atoms. The van der Waals surface area contributed by atoms with Crippen molar-refractivity contribution >= 4 is 29.5 Å². The van der Waals surface area contributed by atoms with Gasteiger partial charge in [0, 0.05) is 30.3 Å². The topological polar surface area (TPSA) is 43.8 Å². The first-order valence-corrected chi connectivity index (χ1v) is 10.2. The number of carbonyl (C=O) groups is 1. The molecule has 6 heteroatoms. The molecule has 126 valence electrons. The summed E-state index contributed by atoms with van der Waals surface area (Å²) in [4.78, 5) is 16.0. The van der Waals surface area contributed by atoms with Crippen molar-refractivity contribution in [3.05, 3.63) is 0 Å². The fraction of sp³-hybridized carbons (Fsp3) is 0.933. The molecule has 0 aliphatic rings. The Morgan fingerprint density at radius 3 is 1.86 bits per heavy atom. The van der Waals surface area contributed by atoms with E-state index in [1.54, 1.807) is 23.5 Å². The van der Waals surface area contributed by atoms with Crippen molar-refractivity contribution in [2.75, 3.05) is 56.5 Å². The van der Waals surface area contributed by atoms with E-state index in [1.807, 2.05) is 0 Å². The zero-order chi connectivity index (χ0) is 16.1. The van der Waals surface area contributed by atoms with Crippen LogP contribution in [0, 0.1) is 0 Å². The average Bonchev–Trinajstić information content (AvgIpc) is 2.49. The van der Waals surface area contributed by atoms with Crippen LogP contribution in [0.15, 0.2) is 0 Å². The molecule has 1 N–H and O–H groups in total. The summed E-state index contributed by atoms with van der Waals surface area (Å²) < 4.78 is 0. The molecule has 0 saturated carbocycles. The molecule has 0 aromatic carbocycles. The normalized spacial score (nSPS) is 13.0. The Balaban J connectivity index is 3.89. The second-order valence-corrected chi connectivity index (χ2v) is 7.29. The van der Waals surface area contributed by atoms with Crippen LogP contribution >= 0.6 is 23.5 Å². The van der Waals surface area contributed by atoms with Gasteiger partial charge in [-0.05, 0) is 26.2 Å². The predicted molar refractivity (Wildman–Crippen MR) is 96.8 cm³/mol. The molecule has 0 bridgehead atoms. The van der Waals surface area contributed by atoms with Gasteiger partial charge in [0.25, 0.3) is 0 Å². The van der Waals surface area contributed by atoms with Gasteiger partial charge in [0.1, 0.15) is 5.25 Å². The molecule has 0 saturated heterocycles. The summed E-state index contributed by atoms with van der Waals surface area (Å²) in [7, 11) is 0. The van der Waals surface area contributed by atoms with E-state index in [0.717, 1.165) is 50.8 Å². The number of carboxylic acids is 1. The number of hydrogen-bond acceptors (Lipinski definition) is 5. The van der Waals surface area contributed by atoms with Gasteiger partial charge in [-0.2, -0.15) is 11.8 Å². The van der Waals surface area contributed by atoms with Gasteiger partial charge >= 0.3 is 5.97 Å². The van der Waals surface area contributed by atoms with Crippen LogP contribution in [0.25, 0.3) is 0 Å². The minimum atomic E-state index is -0.671. The van der Waals surface area contributed by atoms with Crippen LogP contribution in [0.5, 0.6) is 0 Å². The SMILES string of the molecule is CCN(CC)CCSCC(SCCN(CC)CC)C(=O)O. The number of aliphatic carboxylic acids is 1. The zero-order valence-electron chi connectivity index (χ0n) is 14.0. The van der Waals surface area contributed by atoms with Crippen LogP contribution in [0.4, 0.5) is 0 Å².